The van der Waals surface area contributed by atoms with E-state index < -0.39 is 21.6 Å². The van der Waals surface area contributed by atoms with Crippen LogP contribution in [0.4, 0.5) is 0 Å². The van der Waals surface area contributed by atoms with Gasteiger partial charge in [0.2, 0.25) is 10.0 Å². The summed E-state index contributed by atoms with van der Waals surface area (Å²) in [5.74, 6) is -0.641. The van der Waals surface area contributed by atoms with Crippen molar-refractivity contribution >= 4 is 38.6 Å². The molecule has 1 aromatic heterocycles. The highest BCUT2D eigenvalue weighted by molar-refractivity contribution is 7.89. The molecule has 0 radical (unpaired) electrons. The molecule has 0 amide bonds. The number of ether oxygens (including phenoxy) is 1. The van der Waals surface area contributed by atoms with Crippen molar-refractivity contribution < 1.29 is 22.4 Å². The number of fused-ring (bicyclic) bond motifs is 1. The molecule has 9 heteroatoms. The lowest BCUT2D eigenvalue weighted by Gasteiger charge is -2.10. The first kappa shape index (κ1) is 23.0. The molecule has 3 aromatic rings. The highest BCUT2D eigenvalue weighted by Gasteiger charge is 2.16. The molecular formula is C22H22ClNO6S. The summed E-state index contributed by atoms with van der Waals surface area (Å²) >= 11 is 6.25. The fourth-order valence-electron chi connectivity index (χ4n) is 3.04. The van der Waals surface area contributed by atoms with Gasteiger partial charge in [-0.05, 0) is 37.1 Å². The molecule has 1 heterocycles. The molecule has 0 bridgehead atoms. The van der Waals surface area contributed by atoms with E-state index in [9.17, 15) is 18.0 Å². The third kappa shape index (κ3) is 5.72. The van der Waals surface area contributed by atoms with Gasteiger partial charge in [-0.1, -0.05) is 42.6 Å². The second-order valence-corrected chi connectivity index (χ2v) is 9.23. The number of nitrogens with one attached hydrogen (secondary N) is 1. The molecule has 1 N–H and O–H groups in total. The summed E-state index contributed by atoms with van der Waals surface area (Å²) in [6.07, 6.45) is 1.31. The van der Waals surface area contributed by atoms with Gasteiger partial charge in [0.05, 0.1) is 16.3 Å². The van der Waals surface area contributed by atoms with Gasteiger partial charge < -0.3 is 9.15 Å². The smallest absolute Gasteiger partial charge is 0.336 e. The van der Waals surface area contributed by atoms with Gasteiger partial charge in [0.1, 0.15) is 5.58 Å². The van der Waals surface area contributed by atoms with Crippen LogP contribution in [0.1, 0.15) is 30.9 Å². The van der Waals surface area contributed by atoms with Crippen LogP contribution in [-0.4, -0.2) is 20.9 Å². The highest BCUT2D eigenvalue weighted by atomic mass is 35.5. The summed E-state index contributed by atoms with van der Waals surface area (Å²) in [7, 11) is -3.73. The average Bonchev–Trinajstić information content (AvgIpc) is 2.69. The van der Waals surface area contributed by atoms with Crippen LogP contribution in [0.5, 0.6) is 5.75 Å². The zero-order valence-electron chi connectivity index (χ0n) is 17.1. The lowest BCUT2D eigenvalue weighted by atomic mass is 10.1. The summed E-state index contributed by atoms with van der Waals surface area (Å²) in [6.45, 7) is 3.70. The highest BCUT2D eigenvalue weighted by Crippen LogP contribution is 2.31. The summed E-state index contributed by atoms with van der Waals surface area (Å²) < 4.78 is 37.4. The molecule has 0 unspecified atom stereocenters. The predicted molar refractivity (Wildman–Crippen MR) is 118 cm³/mol. The Bertz CT molecular complexity index is 1270. The Hall–Kier alpha value is -2.68. The molecule has 0 atom stereocenters. The van der Waals surface area contributed by atoms with E-state index in [2.05, 4.69) is 4.72 Å². The summed E-state index contributed by atoms with van der Waals surface area (Å²) in [6, 6.07) is 10.8. The van der Waals surface area contributed by atoms with E-state index in [0.717, 1.165) is 17.5 Å². The third-order valence-corrected chi connectivity index (χ3v) is 6.35. The third-order valence-electron chi connectivity index (χ3n) is 4.58. The minimum absolute atomic E-state index is 0.0392. The van der Waals surface area contributed by atoms with Crippen LogP contribution in [0.3, 0.4) is 0 Å². The molecule has 0 aliphatic rings. The van der Waals surface area contributed by atoms with Gasteiger partial charge in [0.25, 0.3) is 0 Å². The number of carbonyl (C=O) groups is 1. The monoisotopic (exact) mass is 463 g/mol. The maximum atomic E-state index is 12.3. The van der Waals surface area contributed by atoms with Crippen molar-refractivity contribution in [1.82, 2.24) is 4.72 Å². The molecule has 0 aliphatic carbocycles. The quantitative estimate of drug-likeness (QED) is 0.308. The molecule has 164 valence electrons. The minimum Gasteiger partial charge on any atom is -0.425 e. The van der Waals surface area contributed by atoms with Crippen LogP contribution in [0, 0.1) is 6.92 Å². The maximum absolute atomic E-state index is 12.3. The largest absolute Gasteiger partial charge is 0.425 e. The molecule has 2 aromatic carbocycles. The van der Waals surface area contributed by atoms with Gasteiger partial charge in [-0.3, -0.25) is 4.79 Å². The molecule has 0 saturated heterocycles. The van der Waals surface area contributed by atoms with E-state index in [0.29, 0.717) is 11.8 Å². The van der Waals surface area contributed by atoms with Gasteiger partial charge in [0, 0.05) is 24.1 Å². The van der Waals surface area contributed by atoms with Crippen LogP contribution in [-0.2, 0) is 21.2 Å². The van der Waals surface area contributed by atoms with E-state index >= 15 is 0 Å². The Kier molecular flexibility index (Phi) is 7.15. The van der Waals surface area contributed by atoms with E-state index in [1.54, 1.807) is 18.2 Å². The van der Waals surface area contributed by atoms with Crippen LogP contribution in [0.2, 0.25) is 5.02 Å². The van der Waals surface area contributed by atoms with Crippen molar-refractivity contribution in [2.24, 2.45) is 0 Å². The van der Waals surface area contributed by atoms with Crippen molar-refractivity contribution in [2.45, 2.75) is 38.0 Å². The summed E-state index contributed by atoms with van der Waals surface area (Å²) in [4.78, 5) is 24.1. The second kappa shape index (κ2) is 9.64. The Morgan fingerprint density at radius 1 is 1.16 bits per heavy atom. The second-order valence-electron chi connectivity index (χ2n) is 7.05. The fourth-order valence-corrected chi connectivity index (χ4v) is 4.28. The molecule has 31 heavy (non-hydrogen) atoms. The predicted octanol–water partition coefficient (Wildman–Crippen LogP) is 3.98. The first-order valence-electron chi connectivity index (χ1n) is 9.73. The van der Waals surface area contributed by atoms with Gasteiger partial charge in [-0.2, -0.15) is 0 Å². The zero-order valence-corrected chi connectivity index (χ0v) is 18.7. The van der Waals surface area contributed by atoms with Gasteiger partial charge in [-0.25, -0.2) is 17.9 Å². The lowest BCUT2D eigenvalue weighted by molar-refractivity contribution is -0.134. The van der Waals surface area contributed by atoms with E-state index in [4.69, 9.17) is 20.8 Å². The lowest BCUT2D eigenvalue weighted by Crippen LogP contribution is -2.27. The number of esters is 1. The van der Waals surface area contributed by atoms with Crippen molar-refractivity contribution in [3.05, 3.63) is 69.0 Å². The molecular weight excluding hydrogens is 442 g/mol. The molecule has 7 nitrogen and oxygen atoms in total. The number of aryl methyl sites for hydroxylation is 2. The Morgan fingerprint density at radius 2 is 1.87 bits per heavy atom. The molecule has 0 spiro atoms. The normalized spacial score (nSPS) is 11.6. The van der Waals surface area contributed by atoms with Gasteiger partial charge in [-0.15, -0.1) is 0 Å². The minimum atomic E-state index is -3.73. The van der Waals surface area contributed by atoms with Crippen molar-refractivity contribution in [3.8, 4) is 5.75 Å². The molecule has 0 saturated carbocycles. The van der Waals surface area contributed by atoms with E-state index in [-0.39, 0.29) is 34.2 Å². The van der Waals surface area contributed by atoms with E-state index in [1.165, 1.54) is 24.3 Å². The Morgan fingerprint density at radius 3 is 2.55 bits per heavy atom. The van der Waals surface area contributed by atoms with E-state index in [1.807, 2.05) is 13.8 Å². The van der Waals surface area contributed by atoms with Crippen molar-refractivity contribution in [3.63, 3.8) is 0 Å². The first-order valence-corrected chi connectivity index (χ1v) is 11.6. The fraction of sp³-hybridized carbons (Fsp3) is 0.273. The zero-order chi connectivity index (χ0) is 22.6. The number of benzene rings is 2. The van der Waals surface area contributed by atoms with Crippen LogP contribution in [0.25, 0.3) is 11.0 Å². The maximum Gasteiger partial charge on any atom is 0.336 e. The molecule has 3 rings (SSSR count). The topological polar surface area (TPSA) is 103 Å². The van der Waals surface area contributed by atoms with Crippen molar-refractivity contribution in [1.29, 1.82) is 0 Å². The van der Waals surface area contributed by atoms with Gasteiger partial charge in [0.15, 0.2) is 5.75 Å². The number of rotatable bonds is 8. The van der Waals surface area contributed by atoms with Crippen molar-refractivity contribution in [2.75, 3.05) is 6.54 Å². The first-order chi connectivity index (χ1) is 14.7. The standard InChI is InChI=1S/C22H22ClNO6S/c1-3-4-15-11-22(26)29-19-13-20(18(23)12-17(15)19)30-21(25)9-10-24-31(27,28)16-7-5-14(2)6-8-16/h5-8,11-13,24H,3-4,9-10H2,1-2H3. The summed E-state index contributed by atoms with van der Waals surface area (Å²) in [5, 5.41) is 0.865. The van der Waals surface area contributed by atoms with Crippen LogP contribution in [0.15, 0.2) is 56.6 Å². The SMILES string of the molecule is CCCc1cc(=O)oc2cc(OC(=O)CCNS(=O)(=O)c3ccc(C)cc3)c(Cl)cc12. The Balaban J connectivity index is 1.68. The number of sulfonamides is 1. The van der Waals surface area contributed by atoms with Crippen LogP contribution < -0.4 is 15.1 Å². The van der Waals surface area contributed by atoms with Gasteiger partial charge >= 0.3 is 11.6 Å². The molecule has 0 fully saturated rings. The number of carbonyl (C=O) groups excluding carboxylic acids is 1. The average molecular weight is 464 g/mol. The number of halogens is 1. The Labute approximate surface area is 185 Å². The number of hydrogen-bond acceptors (Lipinski definition) is 6. The van der Waals surface area contributed by atoms with Crippen LogP contribution >= 0.6 is 11.6 Å². The summed E-state index contributed by atoms with van der Waals surface area (Å²) in [5.41, 5.74) is 1.51. The molecule has 0 aliphatic heterocycles. The number of hydrogen-bond donors (Lipinski definition) is 1.